The van der Waals surface area contributed by atoms with E-state index in [9.17, 15) is 12.8 Å². The number of nitrogens with zero attached hydrogens (tertiary/aromatic N) is 1. The Bertz CT molecular complexity index is 616. The molecule has 1 atom stereocenters. The highest BCUT2D eigenvalue weighted by atomic mass is 32.2. The first-order chi connectivity index (χ1) is 9.12. The van der Waals surface area contributed by atoms with Gasteiger partial charge in [0.25, 0.3) is 0 Å². The maximum absolute atomic E-state index is 13.5. The second kappa shape index (κ2) is 4.98. The zero-order valence-electron chi connectivity index (χ0n) is 11.8. The Hall–Kier alpha value is -1.18. The second-order valence-corrected chi connectivity index (χ2v) is 7.61. The number of nitrogens with two attached hydrogens (primary N) is 1. The zero-order valence-corrected chi connectivity index (χ0v) is 12.6. The van der Waals surface area contributed by atoms with Gasteiger partial charge in [-0.2, -0.15) is 4.31 Å². The third-order valence-electron chi connectivity index (χ3n) is 3.15. The summed E-state index contributed by atoms with van der Waals surface area (Å²) in [5.41, 5.74) is 4.73. The average Bonchev–Trinajstić information content (AvgIpc) is 2.30. The molecule has 5 nitrogen and oxygen atoms in total. The van der Waals surface area contributed by atoms with E-state index in [2.05, 4.69) is 0 Å². The molecule has 0 amide bonds. The molecular formula is C13H19FN2O3S. The Labute approximate surface area is 118 Å². The van der Waals surface area contributed by atoms with Gasteiger partial charge in [0.1, 0.15) is 5.82 Å². The van der Waals surface area contributed by atoms with E-state index in [0.717, 1.165) is 6.07 Å². The van der Waals surface area contributed by atoms with Crippen LogP contribution in [0.25, 0.3) is 0 Å². The number of benzene rings is 1. The van der Waals surface area contributed by atoms with E-state index in [0.29, 0.717) is 0 Å². The number of morpholine rings is 1. The van der Waals surface area contributed by atoms with Gasteiger partial charge < -0.3 is 10.5 Å². The van der Waals surface area contributed by atoms with Crippen LogP contribution in [0, 0.1) is 5.82 Å². The molecule has 2 rings (SSSR count). The minimum Gasteiger partial charge on any atom is -0.396 e. The zero-order chi connectivity index (χ0) is 15.1. The standard InChI is InChI=1S/C13H19FN2O3S/c1-9-7-16(8-13(2,3)19-9)20(17,18)10-4-5-12(15)11(14)6-10/h4-6,9H,7-8,15H2,1-3H3. The minimum absolute atomic E-state index is 0.0698. The number of nitrogen functional groups attached to an aromatic ring is 1. The average molecular weight is 302 g/mol. The summed E-state index contributed by atoms with van der Waals surface area (Å²) < 4.78 is 45.6. The van der Waals surface area contributed by atoms with Crippen molar-refractivity contribution in [1.29, 1.82) is 0 Å². The maximum atomic E-state index is 13.5. The summed E-state index contributed by atoms with van der Waals surface area (Å²) in [4.78, 5) is -0.0888. The van der Waals surface area contributed by atoms with Crippen LogP contribution in [0.2, 0.25) is 0 Å². The highest BCUT2D eigenvalue weighted by Crippen LogP contribution is 2.27. The van der Waals surface area contributed by atoms with Crippen molar-refractivity contribution in [2.24, 2.45) is 0 Å². The second-order valence-electron chi connectivity index (χ2n) is 5.67. The van der Waals surface area contributed by atoms with Gasteiger partial charge in [-0.3, -0.25) is 0 Å². The number of sulfonamides is 1. The lowest BCUT2D eigenvalue weighted by molar-refractivity contribution is -0.109. The van der Waals surface area contributed by atoms with Crippen LogP contribution < -0.4 is 5.73 Å². The van der Waals surface area contributed by atoms with Crippen molar-refractivity contribution < 1.29 is 17.5 Å². The molecule has 1 saturated heterocycles. The third kappa shape index (κ3) is 2.94. The molecule has 7 heteroatoms. The largest absolute Gasteiger partial charge is 0.396 e. The van der Waals surface area contributed by atoms with Crippen molar-refractivity contribution >= 4 is 15.7 Å². The van der Waals surface area contributed by atoms with Crippen molar-refractivity contribution in [2.75, 3.05) is 18.8 Å². The number of rotatable bonds is 2. The molecule has 1 aliphatic heterocycles. The molecule has 1 aliphatic rings. The van der Waals surface area contributed by atoms with Gasteiger partial charge in [-0.05, 0) is 39.0 Å². The van der Waals surface area contributed by atoms with Crippen LogP contribution in [0.5, 0.6) is 0 Å². The predicted octanol–water partition coefficient (Wildman–Crippen LogP) is 1.60. The first-order valence-electron chi connectivity index (χ1n) is 6.35. The lowest BCUT2D eigenvalue weighted by atomic mass is 10.1. The highest BCUT2D eigenvalue weighted by molar-refractivity contribution is 7.89. The quantitative estimate of drug-likeness (QED) is 0.842. The fourth-order valence-corrected chi connectivity index (χ4v) is 4.07. The lowest BCUT2D eigenvalue weighted by Gasteiger charge is -2.40. The van der Waals surface area contributed by atoms with Crippen LogP contribution in [-0.4, -0.2) is 37.5 Å². The normalized spacial score (nSPS) is 23.7. The van der Waals surface area contributed by atoms with Gasteiger partial charge in [0.15, 0.2) is 0 Å². The maximum Gasteiger partial charge on any atom is 0.243 e. The molecule has 0 saturated carbocycles. The first-order valence-corrected chi connectivity index (χ1v) is 7.79. The number of hydrogen-bond acceptors (Lipinski definition) is 4. The highest BCUT2D eigenvalue weighted by Gasteiger charge is 2.38. The molecule has 0 bridgehead atoms. The molecule has 1 heterocycles. The van der Waals surface area contributed by atoms with Gasteiger partial charge in [-0.25, -0.2) is 12.8 Å². The molecule has 112 valence electrons. The number of anilines is 1. The van der Waals surface area contributed by atoms with Crippen LogP contribution in [0.4, 0.5) is 10.1 Å². The number of halogens is 1. The molecular weight excluding hydrogens is 283 g/mol. The minimum atomic E-state index is -3.75. The summed E-state index contributed by atoms with van der Waals surface area (Å²) >= 11 is 0. The number of hydrogen-bond donors (Lipinski definition) is 1. The van der Waals surface area contributed by atoms with E-state index in [4.69, 9.17) is 10.5 Å². The van der Waals surface area contributed by atoms with Crippen molar-refractivity contribution in [3.63, 3.8) is 0 Å². The predicted molar refractivity (Wildman–Crippen MR) is 74.2 cm³/mol. The fraction of sp³-hybridized carbons (Fsp3) is 0.538. The molecule has 20 heavy (non-hydrogen) atoms. The monoisotopic (exact) mass is 302 g/mol. The number of ether oxygens (including phenoxy) is 1. The molecule has 0 spiro atoms. The Morgan fingerprint density at radius 2 is 2.10 bits per heavy atom. The van der Waals surface area contributed by atoms with Crippen molar-refractivity contribution in [3.8, 4) is 0 Å². The van der Waals surface area contributed by atoms with Crippen molar-refractivity contribution in [2.45, 2.75) is 37.4 Å². The summed E-state index contributed by atoms with van der Waals surface area (Å²) in [6.07, 6.45) is -0.216. The Kier molecular flexibility index (Phi) is 3.79. The van der Waals surface area contributed by atoms with E-state index in [1.807, 2.05) is 20.8 Å². The van der Waals surface area contributed by atoms with Crippen molar-refractivity contribution in [1.82, 2.24) is 4.31 Å². The first kappa shape index (κ1) is 15.2. The summed E-state index contributed by atoms with van der Waals surface area (Å²) in [6.45, 7) is 5.94. The molecule has 0 radical (unpaired) electrons. The van der Waals surface area contributed by atoms with Crippen LogP contribution >= 0.6 is 0 Å². The van der Waals surface area contributed by atoms with Crippen molar-refractivity contribution in [3.05, 3.63) is 24.0 Å². The van der Waals surface area contributed by atoms with Gasteiger partial charge >= 0.3 is 0 Å². The third-order valence-corrected chi connectivity index (χ3v) is 4.96. The molecule has 0 aliphatic carbocycles. The molecule has 1 unspecified atom stereocenters. The lowest BCUT2D eigenvalue weighted by Crippen LogP contribution is -2.53. The summed E-state index contributed by atoms with van der Waals surface area (Å²) in [5, 5.41) is 0. The fourth-order valence-electron chi connectivity index (χ4n) is 2.40. The van der Waals surface area contributed by atoms with Crippen LogP contribution in [0.15, 0.2) is 23.1 Å². The van der Waals surface area contributed by atoms with Crippen LogP contribution in [0.3, 0.4) is 0 Å². The van der Waals surface area contributed by atoms with Crippen LogP contribution in [-0.2, 0) is 14.8 Å². The Morgan fingerprint density at radius 3 is 2.65 bits per heavy atom. The van der Waals surface area contributed by atoms with E-state index < -0.39 is 21.4 Å². The van der Waals surface area contributed by atoms with Gasteiger partial charge in [0.2, 0.25) is 10.0 Å². The molecule has 1 aromatic rings. The van der Waals surface area contributed by atoms with E-state index >= 15 is 0 Å². The van der Waals surface area contributed by atoms with E-state index in [-0.39, 0.29) is 29.8 Å². The summed E-state index contributed by atoms with van der Waals surface area (Å²) in [5.74, 6) is -0.730. The van der Waals surface area contributed by atoms with Crippen LogP contribution in [0.1, 0.15) is 20.8 Å². The van der Waals surface area contributed by atoms with E-state index in [1.54, 1.807) is 0 Å². The molecule has 2 N–H and O–H groups in total. The molecule has 0 aromatic heterocycles. The van der Waals surface area contributed by atoms with Gasteiger partial charge in [-0.15, -0.1) is 0 Å². The van der Waals surface area contributed by atoms with Gasteiger partial charge in [-0.1, -0.05) is 0 Å². The molecule has 1 fully saturated rings. The summed E-state index contributed by atoms with van der Waals surface area (Å²) in [6, 6.07) is 3.54. The van der Waals surface area contributed by atoms with E-state index in [1.165, 1.54) is 16.4 Å². The molecule has 1 aromatic carbocycles. The topological polar surface area (TPSA) is 72.6 Å². The Balaban J connectivity index is 2.36. The Morgan fingerprint density at radius 1 is 1.45 bits per heavy atom. The SMILES string of the molecule is CC1CN(S(=O)(=O)c2ccc(N)c(F)c2)CC(C)(C)O1. The van der Waals surface area contributed by atoms with Gasteiger partial charge in [0, 0.05) is 13.1 Å². The smallest absolute Gasteiger partial charge is 0.243 e. The summed E-state index contributed by atoms with van der Waals surface area (Å²) in [7, 11) is -3.75. The van der Waals surface area contributed by atoms with Gasteiger partial charge in [0.05, 0.1) is 22.3 Å².